The molecule has 0 saturated heterocycles. The number of alkyl halides is 3. The number of fused-ring (bicyclic) bond motifs is 7. The van der Waals surface area contributed by atoms with Gasteiger partial charge in [-0.1, -0.05) is 189 Å². The summed E-state index contributed by atoms with van der Waals surface area (Å²) in [5.41, 5.74) is 5.97. The quantitative estimate of drug-likeness (QED) is 0.0331. The molecule has 6 amide bonds. The number of ether oxygens (including phenoxy) is 14. The average Bonchev–Trinajstić information content (AvgIpc) is 1.33. The van der Waals surface area contributed by atoms with E-state index in [4.69, 9.17) is 182 Å². The van der Waals surface area contributed by atoms with Crippen molar-refractivity contribution in [2.24, 2.45) is 0 Å². The van der Waals surface area contributed by atoms with E-state index in [1.54, 1.807) is 90.3 Å². The molecule has 2 aromatic heterocycles. The number of nitrogens with one attached hydrogen (secondary N) is 7. The van der Waals surface area contributed by atoms with E-state index in [0.717, 1.165) is 67.2 Å². The van der Waals surface area contributed by atoms with Gasteiger partial charge in [-0.15, -0.1) is 22.7 Å². The Bertz CT molecular complexity index is 7370. The molecule has 47 heteroatoms. The van der Waals surface area contributed by atoms with Crippen molar-refractivity contribution in [2.75, 3.05) is 47.6 Å². The maximum Gasteiger partial charge on any atom is 0.417 e. The molecule has 0 spiro atoms. The first-order valence-corrected chi connectivity index (χ1v) is 51.9. The molecule has 7 aliphatic rings. The van der Waals surface area contributed by atoms with Crippen molar-refractivity contribution in [2.45, 2.75) is 56.9 Å². The van der Waals surface area contributed by atoms with Gasteiger partial charge in [0.15, 0.2) is 80.5 Å². The topological polar surface area (TPSA) is 350 Å². The number of rotatable bonds is 22. The van der Waals surface area contributed by atoms with E-state index in [0.29, 0.717) is 152 Å². The first kappa shape index (κ1) is 110. The van der Waals surface area contributed by atoms with E-state index in [9.17, 15) is 50.4 Å². The number of sulfonamides is 1. The monoisotopic (exact) mass is 2400 g/mol. The molecule has 21 rings (SSSR count). The summed E-state index contributed by atoms with van der Waals surface area (Å²) in [6, 6.07) is 62.2. The summed E-state index contributed by atoms with van der Waals surface area (Å²) in [6.45, 7) is 3.49. The molecule has 0 fully saturated rings. The van der Waals surface area contributed by atoms with Crippen LogP contribution in [-0.4, -0.2) is 91.4 Å². The number of benzene rings is 12. The van der Waals surface area contributed by atoms with Gasteiger partial charge in [-0.25, -0.2) is 13.1 Å². The highest BCUT2D eigenvalue weighted by atomic mass is 79.9. The Hall–Kier alpha value is -12.4. The van der Waals surface area contributed by atoms with E-state index in [1.165, 1.54) is 59.1 Å². The summed E-state index contributed by atoms with van der Waals surface area (Å²) in [6.07, 6.45) is -4.58. The molecule has 0 unspecified atom stereocenters. The van der Waals surface area contributed by atoms with Crippen molar-refractivity contribution >= 4 is 216 Å². The lowest BCUT2D eigenvalue weighted by molar-refractivity contribution is -0.138. The zero-order valence-corrected chi connectivity index (χ0v) is 89.0. The fourth-order valence-corrected chi connectivity index (χ4v) is 21.3. The molecular weight excluding hydrogens is 2330 g/mol. The van der Waals surface area contributed by atoms with Gasteiger partial charge < -0.3 is 98.2 Å². The van der Waals surface area contributed by atoms with Gasteiger partial charge in [0.25, 0.3) is 35.4 Å². The molecule has 148 heavy (non-hydrogen) atoms. The van der Waals surface area contributed by atoms with Crippen molar-refractivity contribution < 1.29 is 117 Å². The number of carbonyl (C=O) groups is 6. The Balaban J connectivity index is 0.000000129. The second kappa shape index (κ2) is 51.2. The average molecular weight is 2410 g/mol. The molecule has 7 aliphatic heterocycles. The van der Waals surface area contributed by atoms with Gasteiger partial charge in [-0.05, 0) is 228 Å². The van der Waals surface area contributed by atoms with E-state index >= 15 is 0 Å². The van der Waals surface area contributed by atoms with E-state index < -0.39 is 33.2 Å². The van der Waals surface area contributed by atoms with Crippen LogP contribution in [0, 0.1) is 0 Å². The minimum Gasteiger partial charge on any atom is -0.454 e. The van der Waals surface area contributed by atoms with Crippen LogP contribution in [0.5, 0.6) is 80.5 Å². The maximum absolute atomic E-state index is 12.9. The van der Waals surface area contributed by atoms with Crippen molar-refractivity contribution in [1.82, 2.24) is 36.6 Å². The smallest absolute Gasteiger partial charge is 0.417 e. The van der Waals surface area contributed by atoms with Crippen LogP contribution in [0.3, 0.4) is 0 Å². The molecule has 768 valence electrons. The second-order valence-corrected chi connectivity index (χ2v) is 40.6. The second-order valence-electron chi connectivity index (χ2n) is 31.1. The van der Waals surface area contributed by atoms with Gasteiger partial charge >= 0.3 is 6.18 Å². The van der Waals surface area contributed by atoms with E-state index in [-0.39, 0.29) is 126 Å². The Morgan fingerprint density at radius 1 is 0.304 bits per heavy atom. The van der Waals surface area contributed by atoms with Crippen LogP contribution in [0.15, 0.2) is 249 Å². The zero-order chi connectivity index (χ0) is 105. The summed E-state index contributed by atoms with van der Waals surface area (Å²) in [7, 11) is -3.82. The van der Waals surface area contributed by atoms with Crippen LogP contribution in [0.25, 0.3) is 0 Å². The number of hydrogen-bond acceptors (Lipinski definition) is 24. The third-order valence-electron chi connectivity index (χ3n) is 21.3. The summed E-state index contributed by atoms with van der Waals surface area (Å²) in [4.78, 5) is 73.1. The first-order chi connectivity index (χ1) is 71.1. The van der Waals surface area contributed by atoms with E-state index in [1.807, 2.05) is 96.4 Å². The largest absolute Gasteiger partial charge is 0.454 e. The Morgan fingerprint density at radius 3 is 0.986 bits per heavy atom. The van der Waals surface area contributed by atoms with Gasteiger partial charge in [0, 0.05) is 65.2 Å². The number of halogens is 15. The SMILES string of the molecule is O=C(NCc1ccc2c(c1)OCO2)c1c(Cl)cc(Cl)cc1Cl.O=C(NCc1ccc2c(c1)OCO2)c1c(Cl)cccc1Br.O=C(NCc1ccc2c(c1)OCO2)c1c(Cl)csc1Cl.O=C(NCc1ccc2c(c1)OCO2)c1cccc(Cl)c1Cl.O=C(NCc1ccc2c(c1)OCO2)c1ccccc1C(F)(F)F.O=C(NCc1ccc2c(c1)OCO2)c1sccc1Br.O=S(=O)(NCc1ccc2c(c1)OCO2)c1c(Cl)cccc1Cl. The standard InChI is InChI=1S/C16H12F3NO3.C15H11BrClNO3.C15H10Cl3NO3.C15H11Cl2NO3.C14H11Cl2NO4S.C13H10BrNO3S.C13H9Cl2NO3S/c17-16(18,19)12-4-2-1-3-11(12)15(21)20-8-10-5-6-13-14(7-10)23-9-22-13;16-10-2-1-3-11(17)14(10)15(19)18-7-9-4-5-12-13(6-9)21-8-20-12;16-9-4-10(17)14(11(18)5-9)15(20)19-6-8-1-2-12-13(3-8)22-7-21-12;16-11-3-1-2-10(14(11)17)15(19)18-7-9-4-5-12-13(6-9)21-8-20-12;15-10-2-1-3-11(16)14(10)22(18,19)17-7-9-4-5-12-13(6-9)21-8-20-12;14-9-3-4-19-12(9)13(16)15-6-8-1-2-10-11(5-8)18-7-17-10;14-8-5-20-12(15)11(8)13(17)16-4-7-1-2-9-10(3-7)19-6-18-9/h1-7H,8-9H2,(H,20,21);1-6H,7-8H2,(H,18,19);1-5H,6-7H2,(H,19,20);1-6H,7-8H2,(H,18,19);1-6,17H,7-8H2;1-5H,6-7H2,(H,15,16);1-3,5H,4,6H2,(H,16,17). The summed E-state index contributed by atoms with van der Waals surface area (Å²) in [5.74, 6) is 7.37. The highest BCUT2D eigenvalue weighted by molar-refractivity contribution is 9.11. The van der Waals surface area contributed by atoms with Crippen LogP contribution in [0.2, 0.25) is 49.5 Å². The molecule has 29 nitrogen and oxygen atoms in total. The van der Waals surface area contributed by atoms with Crippen LogP contribution in [0.1, 0.15) is 106 Å². The van der Waals surface area contributed by atoms with E-state index in [2.05, 4.69) is 68.5 Å². The van der Waals surface area contributed by atoms with Gasteiger partial charge in [0.1, 0.15) is 14.1 Å². The number of thiophene rings is 2. The molecule has 14 aromatic rings. The Morgan fingerprint density at radius 2 is 0.622 bits per heavy atom. The van der Waals surface area contributed by atoms with Gasteiger partial charge in [0.2, 0.25) is 57.6 Å². The minimum atomic E-state index is -4.58. The van der Waals surface area contributed by atoms with Gasteiger partial charge in [0.05, 0.1) is 73.6 Å². The molecule has 0 saturated carbocycles. The first-order valence-electron chi connectivity index (χ1n) is 43.3. The van der Waals surface area contributed by atoms with Crippen molar-refractivity contribution in [3.63, 3.8) is 0 Å². The fraction of sp³-hybridized carbons (Fsp3) is 0.149. The van der Waals surface area contributed by atoms with Gasteiger partial charge in [-0.3, -0.25) is 28.8 Å². The molecular formula is C101H74Br2Cl10F3N7O22S3. The number of hydrogen-bond donors (Lipinski definition) is 7. The molecule has 0 bridgehead atoms. The highest BCUT2D eigenvalue weighted by Gasteiger charge is 2.36. The van der Waals surface area contributed by atoms with Crippen LogP contribution < -0.4 is 103 Å². The lowest BCUT2D eigenvalue weighted by Gasteiger charge is -2.12. The number of carbonyl (C=O) groups excluding carboxylic acids is 6. The number of amides is 6. The van der Waals surface area contributed by atoms with Crippen molar-refractivity contribution in [1.29, 1.82) is 0 Å². The summed E-state index contributed by atoms with van der Waals surface area (Å²) < 4.78 is 141. The van der Waals surface area contributed by atoms with Gasteiger partial charge in [-0.2, -0.15) is 13.2 Å². The highest BCUT2D eigenvalue weighted by Crippen LogP contribution is 2.43. The van der Waals surface area contributed by atoms with Crippen LogP contribution >= 0.6 is 171 Å². The molecule has 0 atom stereocenters. The minimum absolute atomic E-state index is 0.0747. The Labute approximate surface area is 917 Å². The van der Waals surface area contributed by atoms with Crippen LogP contribution in [0.4, 0.5) is 13.2 Å². The maximum atomic E-state index is 12.9. The van der Waals surface area contributed by atoms with Crippen molar-refractivity contribution in [3.8, 4) is 80.5 Å². The molecule has 0 aliphatic carbocycles. The normalized spacial score (nSPS) is 12.6. The Kier molecular flexibility index (Phi) is 38.0. The van der Waals surface area contributed by atoms with Crippen molar-refractivity contribution in [3.05, 3.63) is 371 Å². The summed E-state index contributed by atoms with van der Waals surface area (Å²) >= 11 is 68.9. The zero-order valence-electron chi connectivity index (χ0n) is 75.8. The third-order valence-corrected chi connectivity index (χ3v) is 29.7. The predicted molar refractivity (Wildman–Crippen MR) is 560 cm³/mol. The molecule has 0 radical (unpaired) electrons. The summed E-state index contributed by atoms with van der Waals surface area (Å²) in [5, 5.41) is 22.4. The molecule has 7 N–H and O–H groups in total. The lowest BCUT2D eigenvalue weighted by Crippen LogP contribution is -2.25. The lowest BCUT2D eigenvalue weighted by atomic mass is 10.1. The third kappa shape index (κ3) is 29.0. The predicted octanol–water partition coefficient (Wildman–Crippen LogP) is 25.2. The van der Waals surface area contributed by atoms with Crippen LogP contribution in [-0.2, 0) is 62.0 Å². The molecule has 12 aromatic carbocycles. The molecule has 9 heterocycles. The fourth-order valence-electron chi connectivity index (χ4n) is 14.0.